The zero-order valence-electron chi connectivity index (χ0n) is 38.3. The standard InChI is InChI=1S/C50H86O7S.K/c1-3-5-7-9-11-13-15-17-19-21-23-25-27-29-31-33-35-37-39-43-56-49(51)47-42-41-46(58(53,54)55)45-48(47)50(52)57-44-40-38-36-34-32-30-28-26-24-22-20-18-16-14-12-10-8-6-4-2;/h39-45H,3-38H2,1-2H3,(H,53,54,55);/q;+1/p-1/b43-39+,44-40+;. The first-order valence-electron chi connectivity index (χ1n) is 24.1. The molecule has 1 aromatic rings. The molecule has 0 radical (unpaired) electrons. The van der Waals surface area contributed by atoms with Gasteiger partial charge in [-0.3, -0.25) is 0 Å². The molecule has 59 heavy (non-hydrogen) atoms. The molecule has 0 unspecified atom stereocenters. The maximum atomic E-state index is 12.9. The molecule has 0 N–H and O–H groups in total. The summed E-state index contributed by atoms with van der Waals surface area (Å²) >= 11 is 0. The molecule has 0 bridgehead atoms. The third kappa shape index (κ3) is 35.4. The van der Waals surface area contributed by atoms with Gasteiger partial charge in [0.15, 0.2) is 0 Å². The van der Waals surface area contributed by atoms with Crippen molar-refractivity contribution in [3.8, 4) is 0 Å². The molecule has 0 aromatic heterocycles. The van der Waals surface area contributed by atoms with Crippen LogP contribution in [0.1, 0.15) is 266 Å². The Morgan fingerprint density at radius 3 is 1.02 bits per heavy atom. The molecule has 0 aliphatic rings. The van der Waals surface area contributed by atoms with Crippen LogP contribution in [0.3, 0.4) is 0 Å². The van der Waals surface area contributed by atoms with Gasteiger partial charge in [-0.1, -0.05) is 219 Å². The first kappa shape index (κ1) is 58.2. The number of esters is 2. The van der Waals surface area contributed by atoms with E-state index in [1.165, 1.54) is 205 Å². The van der Waals surface area contributed by atoms with E-state index in [0.29, 0.717) is 0 Å². The van der Waals surface area contributed by atoms with Gasteiger partial charge in [0, 0.05) is 0 Å². The van der Waals surface area contributed by atoms with Gasteiger partial charge < -0.3 is 14.0 Å². The average Bonchev–Trinajstić information content (AvgIpc) is 3.21. The molecular formula is C50H85KO7S. The van der Waals surface area contributed by atoms with Crippen LogP contribution in [-0.2, 0) is 19.6 Å². The van der Waals surface area contributed by atoms with Crippen molar-refractivity contribution in [3.05, 3.63) is 54.0 Å². The van der Waals surface area contributed by atoms with Gasteiger partial charge in [0.25, 0.3) is 0 Å². The summed E-state index contributed by atoms with van der Waals surface area (Å²) in [5.41, 5.74) is -0.493. The van der Waals surface area contributed by atoms with Crippen LogP contribution in [-0.4, -0.2) is 24.9 Å². The molecule has 0 spiro atoms. The average molecular weight is 869 g/mol. The minimum absolute atomic E-state index is 0. The number of allylic oxidation sites excluding steroid dienone is 2. The number of unbranched alkanes of at least 4 members (excludes halogenated alkanes) is 34. The van der Waals surface area contributed by atoms with Crippen LogP contribution in [0.4, 0.5) is 0 Å². The molecular weight excluding hydrogens is 784 g/mol. The number of carbonyl (C=O) groups excluding carboxylic acids is 2. The van der Waals surface area contributed by atoms with E-state index in [4.69, 9.17) is 9.47 Å². The van der Waals surface area contributed by atoms with E-state index in [1.807, 2.05) is 0 Å². The van der Waals surface area contributed by atoms with Crippen molar-refractivity contribution in [1.29, 1.82) is 0 Å². The molecule has 0 fully saturated rings. The maximum Gasteiger partial charge on any atom is 1.00 e. The minimum atomic E-state index is -4.85. The van der Waals surface area contributed by atoms with Crippen LogP contribution in [0.25, 0.3) is 0 Å². The Balaban J connectivity index is 0.0000336. The predicted molar refractivity (Wildman–Crippen MR) is 241 cm³/mol. The van der Waals surface area contributed by atoms with Crippen LogP contribution in [0.5, 0.6) is 0 Å². The molecule has 0 amide bonds. The van der Waals surface area contributed by atoms with Crippen molar-refractivity contribution in [3.63, 3.8) is 0 Å². The Kier molecular flexibility index (Phi) is 41.9. The van der Waals surface area contributed by atoms with E-state index in [1.54, 1.807) is 12.2 Å². The summed E-state index contributed by atoms with van der Waals surface area (Å²) in [5, 5.41) is 0. The number of ether oxygens (including phenoxy) is 2. The van der Waals surface area contributed by atoms with Gasteiger partial charge in [-0.15, -0.1) is 0 Å². The summed E-state index contributed by atoms with van der Waals surface area (Å²) in [7, 11) is -4.85. The SMILES string of the molecule is CCCCCCCCCCCCCCCCCCC/C=C/OC(=O)c1ccc(S(=O)(=O)[O-])cc1C(=O)O/C=C/CCCCCCCCCCCCCCCCCCC.[K+]. The van der Waals surface area contributed by atoms with Crippen LogP contribution >= 0.6 is 0 Å². The Hall–Kier alpha value is -0.814. The normalized spacial score (nSPS) is 11.7. The van der Waals surface area contributed by atoms with Crippen molar-refractivity contribution in [1.82, 2.24) is 0 Å². The van der Waals surface area contributed by atoms with Crippen LogP contribution in [0.2, 0.25) is 0 Å². The van der Waals surface area contributed by atoms with Crippen molar-refractivity contribution < 1.29 is 83.4 Å². The summed E-state index contributed by atoms with van der Waals surface area (Å²) in [5.74, 6) is -1.75. The summed E-state index contributed by atoms with van der Waals surface area (Å²) in [6, 6.07) is 3.01. The van der Waals surface area contributed by atoms with E-state index in [-0.39, 0.29) is 62.5 Å². The topological polar surface area (TPSA) is 110 Å². The zero-order chi connectivity index (χ0) is 42.2. The summed E-state index contributed by atoms with van der Waals surface area (Å²) < 4.78 is 45.4. The number of hydrogen-bond acceptors (Lipinski definition) is 7. The predicted octanol–water partition coefficient (Wildman–Crippen LogP) is 13.0. The fraction of sp³-hybridized carbons (Fsp3) is 0.760. The van der Waals surface area contributed by atoms with Crippen molar-refractivity contribution >= 4 is 22.1 Å². The fourth-order valence-electron chi connectivity index (χ4n) is 7.48. The molecule has 0 saturated heterocycles. The zero-order valence-corrected chi connectivity index (χ0v) is 42.2. The summed E-state index contributed by atoms with van der Waals surface area (Å²) in [4.78, 5) is 25.1. The Bertz CT molecular complexity index is 1310. The first-order chi connectivity index (χ1) is 28.3. The van der Waals surface area contributed by atoms with Crippen molar-refractivity contribution in [2.24, 2.45) is 0 Å². The van der Waals surface area contributed by atoms with E-state index in [9.17, 15) is 22.6 Å². The van der Waals surface area contributed by atoms with Gasteiger partial charge in [-0.2, -0.15) is 0 Å². The summed E-state index contributed by atoms with van der Waals surface area (Å²) in [6.45, 7) is 4.54. The molecule has 1 rings (SSSR count). The van der Waals surface area contributed by atoms with Gasteiger partial charge in [-0.05, 0) is 56.0 Å². The smallest absolute Gasteiger partial charge is 0.744 e. The third-order valence-electron chi connectivity index (χ3n) is 11.2. The van der Waals surface area contributed by atoms with Gasteiger partial charge in [0.2, 0.25) is 0 Å². The molecule has 334 valence electrons. The van der Waals surface area contributed by atoms with Crippen molar-refractivity contribution in [2.45, 2.75) is 250 Å². The van der Waals surface area contributed by atoms with Crippen molar-refractivity contribution in [2.75, 3.05) is 0 Å². The fourth-order valence-corrected chi connectivity index (χ4v) is 7.98. The molecule has 1 aromatic carbocycles. The van der Waals surface area contributed by atoms with Crippen LogP contribution in [0.15, 0.2) is 47.8 Å². The molecule has 0 atom stereocenters. The molecule has 0 heterocycles. The van der Waals surface area contributed by atoms with Gasteiger partial charge in [0.05, 0.1) is 28.5 Å². The molecule has 7 nitrogen and oxygen atoms in total. The Morgan fingerprint density at radius 1 is 0.458 bits per heavy atom. The second-order valence-electron chi connectivity index (χ2n) is 16.6. The van der Waals surface area contributed by atoms with Crippen LogP contribution in [0, 0.1) is 0 Å². The number of rotatable bonds is 41. The molecule has 9 heteroatoms. The Morgan fingerprint density at radius 2 is 0.729 bits per heavy atom. The van der Waals surface area contributed by atoms with E-state index in [0.717, 1.165) is 56.7 Å². The largest absolute Gasteiger partial charge is 1.00 e. The van der Waals surface area contributed by atoms with E-state index < -0.39 is 27.0 Å². The minimum Gasteiger partial charge on any atom is -0.744 e. The monoisotopic (exact) mass is 869 g/mol. The van der Waals surface area contributed by atoms with Crippen LogP contribution < -0.4 is 51.4 Å². The van der Waals surface area contributed by atoms with Gasteiger partial charge in [0.1, 0.15) is 10.1 Å². The first-order valence-corrected chi connectivity index (χ1v) is 25.5. The Labute approximate surface area is 405 Å². The van der Waals surface area contributed by atoms with E-state index >= 15 is 0 Å². The van der Waals surface area contributed by atoms with E-state index in [2.05, 4.69) is 13.8 Å². The quantitative estimate of drug-likeness (QED) is 0.0212. The van der Waals surface area contributed by atoms with Gasteiger partial charge in [-0.25, -0.2) is 18.0 Å². The summed E-state index contributed by atoms with van der Waals surface area (Å²) in [6.07, 6.45) is 52.2. The molecule has 0 aliphatic carbocycles. The number of carbonyl (C=O) groups is 2. The number of benzene rings is 1. The molecule has 0 aliphatic heterocycles. The number of hydrogen-bond donors (Lipinski definition) is 0. The molecule has 0 saturated carbocycles. The van der Waals surface area contributed by atoms with Gasteiger partial charge >= 0.3 is 63.3 Å². The third-order valence-corrected chi connectivity index (χ3v) is 12.0. The maximum absolute atomic E-state index is 12.9. The second-order valence-corrected chi connectivity index (χ2v) is 18.0. The second kappa shape index (κ2) is 42.5.